The van der Waals surface area contributed by atoms with Gasteiger partial charge in [0.2, 0.25) is 0 Å². The van der Waals surface area contributed by atoms with Crippen LogP contribution in [0.4, 0.5) is 5.69 Å². The zero-order chi connectivity index (χ0) is 14.7. The highest BCUT2D eigenvalue weighted by atomic mass is 79.9. The Morgan fingerprint density at radius 2 is 1.75 bits per heavy atom. The van der Waals surface area contributed by atoms with E-state index in [2.05, 4.69) is 68.1 Å². The number of rotatable bonds is 4. The molecular formula is C16H17Br2NO. The maximum atomic E-state index is 9.65. The summed E-state index contributed by atoms with van der Waals surface area (Å²) in [5, 5.41) is 9.65. The number of aliphatic hydroxyl groups excluding tert-OH is 1. The van der Waals surface area contributed by atoms with Gasteiger partial charge >= 0.3 is 0 Å². The third kappa shape index (κ3) is 3.84. The predicted octanol–water partition coefficient (Wildman–Crippen LogP) is 4.90. The number of halogens is 2. The molecule has 0 saturated heterocycles. The predicted molar refractivity (Wildman–Crippen MR) is 91.0 cm³/mol. The van der Waals surface area contributed by atoms with Crippen molar-refractivity contribution in [1.82, 2.24) is 0 Å². The van der Waals surface area contributed by atoms with Crippen molar-refractivity contribution in [2.75, 3.05) is 11.9 Å². The highest BCUT2D eigenvalue weighted by molar-refractivity contribution is 9.10. The SMILES string of the molecule is CC(O)c1ccc(N(C)Cc2ccc(Br)cc2)cc1Br. The Morgan fingerprint density at radius 1 is 1.10 bits per heavy atom. The van der Waals surface area contributed by atoms with Gasteiger partial charge in [0.1, 0.15) is 0 Å². The van der Waals surface area contributed by atoms with Gasteiger partial charge in [0.15, 0.2) is 0 Å². The summed E-state index contributed by atoms with van der Waals surface area (Å²) in [6.07, 6.45) is -0.463. The Labute approximate surface area is 136 Å². The van der Waals surface area contributed by atoms with Gasteiger partial charge in [-0.3, -0.25) is 0 Å². The van der Waals surface area contributed by atoms with Gasteiger partial charge in [0.25, 0.3) is 0 Å². The summed E-state index contributed by atoms with van der Waals surface area (Å²) in [5.41, 5.74) is 3.28. The fourth-order valence-corrected chi connectivity index (χ4v) is 3.01. The van der Waals surface area contributed by atoms with Crippen LogP contribution in [0.2, 0.25) is 0 Å². The fraction of sp³-hybridized carbons (Fsp3) is 0.250. The molecule has 4 heteroatoms. The summed E-state index contributed by atoms with van der Waals surface area (Å²) in [4.78, 5) is 2.18. The lowest BCUT2D eigenvalue weighted by molar-refractivity contribution is 0.198. The number of aliphatic hydroxyl groups is 1. The van der Waals surface area contributed by atoms with E-state index in [9.17, 15) is 5.11 Å². The normalized spacial score (nSPS) is 12.2. The highest BCUT2D eigenvalue weighted by Gasteiger charge is 2.09. The number of benzene rings is 2. The molecule has 0 saturated carbocycles. The van der Waals surface area contributed by atoms with Gasteiger partial charge in [-0.2, -0.15) is 0 Å². The minimum atomic E-state index is -0.463. The maximum Gasteiger partial charge on any atom is 0.0772 e. The molecule has 0 radical (unpaired) electrons. The number of hydrogen-bond acceptors (Lipinski definition) is 2. The van der Waals surface area contributed by atoms with Crippen LogP contribution in [0.25, 0.3) is 0 Å². The van der Waals surface area contributed by atoms with Crippen LogP contribution < -0.4 is 4.90 Å². The van der Waals surface area contributed by atoms with Gasteiger partial charge < -0.3 is 10.0 Å². The number of nitrogens with zero attached hydrogens (tertiary/aromatic N) is 1. The molecule has 106 valence electrons. The van der Waals surface area contributed by atoms with Crippen molar-refractivity contribution in [3.05, 3.63) is 62.5 Å². The molecule has 0 spiro atoms. The first-order chi connectivity index (χ1) is 9.47. The first-order valence-electron chi connectivity index (χ1n) is 6.40. The summed E-state index contributed by atoms with van der Waals surface area (Å²) in [6.45, 7) is 2.61. The van der Waals surface area contributed by atoms with Crippen LogP contribution in [0.15, 0.2) is 51.4 Å². The molecule has 2 rings (SSSR count). The lowest BCUT2D eigenvalue weighted by Gasteiger charge is -2.21. The second kappa shape index (κ2) is 6.74. The van der Waals surface area contributed by atoms with Crippen molar-refractivity contribution in [2.45, 2.75) is 19.6 Å². The summed E-state index contributed by atoms with van der Waals surface area (Å²) in [7, 11) is 2.06. The monoisotopic (exact) mass is 397 g/mol. The van der Waals surface area contributed by atoms with Crippen LogP contribution in [0, 0.1) is 0 Å². The molecule has 0 aromatic heterocycles. The van der Waals surface area contributed by atoms with E-state index >= 15 is 0 Å². The van der Waals surface area contributed by atoms with Gasteiger partial charge in [0.05, 0.1) is 6.10 Å². The molecule has 20 heavy (non-hydrogen) atoms. The van der Waals surface area contributed by atoms with Gasteiger partial charge in [-0.1, -0.05) is 50.1 Å². The van der Waals surface area contributed by atoms with E-state index < -0.39 is 6.10 Å². The number of anilines is 1. The molecule has 0 heterocycles. The zero-order valence-electron chi connectivity index (χ0n) is 11.5. The fourth-order valence-electron chi connectivity index (χ4n) is 2.05. The van der Waals surface area contributed by atoms with Gasteiger partial charge in [-0.15, -0.1) is 0 Å². The molecule has 0 aliphatic carbocycles. The molecule has 0 aliphatic heterocycles. The first-order valence-corrected chi connectivity index (χ1v) is 7.99. The van der Waals surface area contributed by atoms with E-state index in [-0.39, 0.29) is 0 Å². The largest absolute Gasteiger partial charge is 0.389 e. The third-order valence-corrected chi connectivity index (χ3v) is 4.42. The van der Waals surface area contributed by atoms with Crippen LogP contribution in [0.3, 0.4) is 0 Å². The number of hydrogen-bond donors (Lipinski definition) is 1. The Kier molecular flexibility index (Phi) is 5.24. The molecule has 1 N–H and O–H groups in total. The topological polar surface area (TPSA) is 23.5 Å². The van der Waals surface area contributed by atoms with Crippen molar-refractivity contribution in [2.24, 2.45) is 0 Å². The maximum absolute atomic E-state index is 9.65. The molecule has 2 aromatic carbocycles. The molecule has 2 nitrogen and oxygen atoms in total. The van der Waals surface area contributed by atoms with Gasteiger partial charge in [0, 0.05) is 28.2 Å². The minimum Gasteiger partial charge on any atom is -0.389 e. The Hall–Kier alpha value is -0.840. The molecule has 0 amide bonds. The summed E-state index contributed by atoms with van der Waals surface area (Å²) < 4.78 is 2.03. The van der Waals surface area contributed by atoms with Crippen LogP contribution in [0.5, 0.6) is 0 Å². The lowest BCUT2D eigenvalue weighted by atomic mass is 10.1. The summed E-state index contributed by atoms with van der Waals surface area (Å²) >= 11 is 6.96. The molecular weight excluding hydrogens is 382 g/mol. The molecule has 0 aliphatic rings. The van der Waals surface area contributed by atoms with Crippen LogP contribution in [0.1, 0.15) is 24.2 Å². The van der Waals surface area contributed by atoms with E-state index in [0.29, 0.717) is 0 Å². The van der Waals surface area contributed by atoms with E-state index in [0.717, 1.165) is 26.7 Å². The van der Waals surface area contributed by atoms with Crippen LogP contribution >= 0.6 is 31.9 Å². The van der Waals surface area contributed by atoms with Crippen molar-refractivity contribution in [3.8, 4) is 0 Å². The Morgan fingerprint density at radius 3 is 2.30 bits per heavy atom. The Balaban J connectivity index is 2.15. The van der Waals surface area contributed by atoms with Crippen molar-refractivity contribution in [1.29, 1.82) is 0 Å². The van der Waals surface area contributed by atoms with Gasteiger partial charge in [-0.05, 0) is 42.3 Å². The highest BCUT2D eigenvalue weighted by Crippen LogP contribution is 2.28. The van der Waals surface area contributed by atoms with Crippen LogP contribution in [-0.2, 0) is 6.54 Å². The smallest absolute Gasteiger partial charge is 0.0772 e. The quantitative estimate of drug-likeness (QED) is 0.791. The van der Waals surface area contributed by atoms with Gasteiger partial charge in [-0.25, -0.2) is 0 Å². The minimum absolute atomic E-state index is 0.463. The average molecular weight is 399 g/mol. The molecule has 0 bridgehead atoms. The molecule has 0 fully saturated rings. The van der Waals surface area contributed by atoms with E-state index in [1.807, 2.05) is 18.2 Å². The summed E-state index contributed by atoms with van der Waals surface area (Å²) in [5.74, 6) is 0. The van der Waals surface area contributed by atoms with E-state index in [1.165, 1.54) is 5.56 Å². The zero-order valence-corrected chi connectivity index (χ0v) is 14.6. The van der Waals surface area contributed by atoms with E-state index in [1.54, 1.807) is 6.92 Å². The van der Waals surface area contributed by atoms with E-state index in [4.69, 9.17) is 0 Å². The molecule has 1 atom stereocenters. The standard InChI is InChI=1S/C16H17Br2NO/c1-11(20)15-8-7-14(9-16(15)18)19(2)10-12-3-5-13(17)6-4-12/h3-9,11,20H,10H2,1-2H3. The second-order valence-corrected chi connectivity index (χ2v) is 6.63. The van der Waals surface area contributed by atoms with Crippen molar-refractivity contribution >= 4 is 37.5 Å². The molecule has 1 unspecified atom stereocenters. The second-order valence-electron chi connectivity index (χ2n) is 4.86. The van der Waals surface area contributed by atoms with Crippen molar-refractivity contribution < 1.29 is 5.11 Å². The first kappa shape index (κ1) is 15.5. The lowest BCUT2D eigenvalue weighted by Crippen LogP contribution is -2.16. The molecule has 2 aromatic rings. The summed E-state index contributed by atoms with van der Waals surface area (Å²) in [6, 6.07) is 14.4. The Bertz CT molecular complexity index is 582. The average Bonchev–Trinajstić information content (AvgIpc) is 2.40. The third-order valence-electron chi connectivity index (χ3n) is 3.21. The van der Waals surface area contributed by atoms with Crippen LogP contribution in [-0.4, -0.2) is 12.2 Å². The van der Waals surface area contributed by atoms with Crippen molar-refractivity contribution in [3.63, 3.8) is 0 Å².